The molecule has 1 unspecified atom stereocenters. The fourth-order valence-electron chi connectivity index (χ4n) is 1.88. The molecule has 0 spiro atoms. The van der Waals surface area contributed by atoms with Gasteiger partial charge in [-0.25, -0.2) is 0 Å². The first-order valence-electron chi connectivity index (χ1n) is 5.09. The van der Waals surface area contributed by atoms with Crippen molar-refractivity contribution in [2.45, 2.75) is 6.42 Å². The van der Waals surface area contributed by atoms with Crippen molar-refractivity contribution < 1.29 is 9.90 Å². The average molecular weight is 209 g/mol. The van der Waals surface area contributed by atoms with Crippen molar-refractivity contribution in [1.82, 2.24) is 14.7 Å². The van der Waals surface area contributed by atoms with E-state index in [1.54, 1.807) is 29.0 Å². The molecule has 1 atom stereocenters. The zero-order valence-electron chi connectivity index (χ0n) is 8.76. The average Bonchev–Trinajstić information content (AvgIpc) is 2.84. The Morgan fingerprint density at radius 2 is 2.53 bits per heavy atom. The number of hydrogen-bond acceptors (Lipinski definition) is 3. The highest BCUT2D eigenvalue weighted by Crippen LogP contribution is 2.17. The molecule has 1 aliphatic rings. The van der Waals surface area contributed by atoms with E-state index < -0.39 is 0 Å². The highest BCUT2D eigenvalue weighted by molar-refractivity contribution is 5.93. The summed E-state index contributed by atoms with van der Waals surface area (Å²) in [5.41, 5.74) is 0.621. The summed E-state index contributed by atoms with van der Waals surface area (Å²) in [7, 11) is 1.79. The van der Waals surface area contributed by atoms with E-state index in [0.717, 1.165) is 13.0 Å². The Morgan fingerprint density at radius 3 is 3.07 bits per heavy atom. The van der Waals surface area contributed by atoms with Crippen molar-refractivity contribution in [3.8, 4) is 0 Å². The first-order chi connectivity index (χ1) is 7.20. The molecule has 1 aliphatic heterocycles. The first kappa shape index (κ1) is 10.2. The molecule has 5 nitrogen and oxygen atoms in total. The molecule has 0 radical (unpaired) electrons. The maximum atomic E-state index is 11.9. The third kappa shape index (κ3) is 2.02. The number of aromatic nitrogens is 2. The van der Waals surface area contributed by atoms with Gasteiger partial charge in [-0.15, -0.1) is 0 Å². The lowest BCUT2D eigenvalue weighted by Gasteiger charge is -2.14. The Balaban J connectivity index is 2.03. The molecule has 0 saturated carbocycles. The predicted molar refractivity (Wildman–Crippen MR) is 54.3 cm³/mol. The lowest BCUT2D eigenvalue weighted by atomic mass is 10.1. The number of carbonyl (C=O) groups excluding carboxylic acids is 1. The molecule has 1 aromatic rings. The van der Waals surface area contributed by atoms with Gasteiger partial charge in [-0.3, -0.25) is 9.48 Å². The van der Waals surface area contributed by atoms with Crippen LogP contribution < -0.4 is 0 Å². The summed E-state index contributed by atoms with van der Waals surface area (Å²) in [4.78, 5) is 13.7. The van der Waals surface area contributed by atoms with Gasteiger partial charge < -0.3 is 10.0 Å². The first-order valence-corrected chi connectivity index (χ1v) is 5.09. The van der Waals surface area contributed by atoms with Crippen LogP contribution in [-0.4, -0.2) is 45.4 Å². The molecule has 0 aromatic carbocycles. The van der Waals surface area contributed by atoms with Crippen LogP contribution in [0.1, 0.15) is 16.8 Å². The van der Waals surface area contributed by atoms with Crippen LogP contribution in [0.25, 0.3) is 0 Å². The SMILES string of the molecule is Cn1cc(C(=O)N2CCC(CO)C2)cn1. The number of aliphatic hydroxyl groups excluding tert-OH is 1. The second-order valence-corrected chi connectivity index (χ2v) is 3.99. The molecule has 0 aliphatic carbocycles. The normalized spacial score (nSPS) is 20.9. The number of aryl methyl sites for hydroxylation is 1. The topological polar surface area (TPSA) is 58.4 Å². The zero-order chi connectivity index (χ0) is 10.8. The van der Waals surface area contributed by atoms with Crippen LogP contribution in [0.5, 0.6) is 0 Å². The quantitative estimate of drug-likeness (QED) is 0.738. The molecule has 1 amide bonds. The predicted octanol–water partition coefficient (Wildman–Crippen LogP) is -0.126. The van der Waals surface area contributed by atoms with Gasteiger partial charge in [-0.2, -0.15) is 5.10 Å². The lowest BCUT2D eigenvalue weighted by Crippen LogP contribution is -2.28. The summed E-state index contributed by atoms with van der Waals surface area (Å²) in [6.07, 6.45) is 4.19. The van der Waals surface area contributed by atoms with Gasteiger partial charge in [0.25, 0.3) is 5.91 Å². The van der Waals surface area contributed by atoms with Crippen molar-refractivity contribution in [1.29, 1.82) is 0 Å². The van der Waals surface area contributed by atoms with E-state index in [1.807, 2.05) is 0 Å². The molecule has 1 saturated heterocycles. The smallest absolute Gasteiger partial charge is 0.257 e. The van der Waals surface area contributed by atoms with Crippen LogP contribution >= 0.6 is 0 Å². The number of amides is 1. The van der Waals surface area contributed by atoms with E-state index >= 15 is 0 Å². The second-order valence-electron chi connectivity index (χ2n) is 3.99. The molecule has 2 heterocycles. The van der Waals surface area contributed by atoms with E-state index in [1.165, 1.54) is 0 Å². The van der Waals surface area contributed by atoms with E-state index in [-0.39, 0.29) is 18.4 Å². The van der Waals surface area contributed by atoms with E-state index in [0.29, 0.717) is 12.1 Å². The van der Waals surface area contributed by atoms with Gasteiger partial charge in [0.1, 0.15) is 0 Å². The molecule has 0 bridgehead atoms. The Morgan fingerprint density at radius 1 is 1.73 bits per heavy atom. The Kier molecular flexibility index (Phi) is 2.73. The van der Waals surface area contributed by atoms with Crippen LogP contribution in [0.15, 0.2) is 12.4 Å². The van der Waals surface area contributed by atoms with Crippen molar-refractivity contribution in [2.75, 3.05) is 19.7 Å². The molecule has 5 heteroatoms. The summed E-state index contributed by atoms with van der Waals surface area (Å²) in [5, 5.41) is 13.0. The molecule has 1 N–H and O–H groups in total. The van der Waals surface area contributed by atoms with Gasteiger partial charge in [0.2, 0.25) is 0 Å². The Labute approximate surface area is 88.3 Å². The van der Waals surface area contributed by atoms with Crippen molar-refractivity contribution in [3.05, 3.63) is 18.0 Å². The lowest BCUT2D eigenvalue weighted by molar-refractivity contribution is 0.0782. The van der Waals surface area contributed by atoms with Crippen LogP contribution in [-0.2, 0) is 7.05 Å². The number of rotatable bonds is 2. The van der Waals surface area contributed by atoms with Gasteiger partial charge in [0, 0.05) is 38.9 Å². The molecular formula is C10H15N3O2. The van der Waals surface area contributed by atoms with Crippen molar-refractivity contribution >= 4 is 5.91 Å². The van der Waals surface area contributed by atoms with Gasteiger partial charge >= 0.3 is 0 Å². The van der Waals surface area contributed by atoms with Crippen molar-refractivity contribution in [3.63, 3.8) is 0 Å². The molecule has 82 valence electrons. The summed E-state index contributed by atoms with van der Waals surface area (Å²) < 4.78 is 1.62. The number of carbonyl (C=O) groups is 1. The fourth-order valence-corrected chi connectivity index (χ4v) is 1.88. The van der Waals surface area contributed by atoms with Gasteiger partial charge in [0.05, 0.1) is 11.8 Å². The van der Waals surface area contributed by atoms with Crippen LogP contribution in [0.2, 0.25) is 0 Å². The summed E-state index contributed by atoms with van der Waals surface area (Å²) in [6, 6.07) is 0. The third-order valence-corrected chi connectivity index (χ3v) is 2.78. The summed E-state index contributed by atoms with van der Waals surface area (Å²) in [6.45, 7) is 1.56. The highest BCUT2D eigenvalue weighted by atomic mass is 16.3. The molecule has 1 aromatic heterocycles. The monoisotopic (exact) mass is 209 g/mol. The largest absolute Gasteiger partial charge is 0.396 e. The molecule has 1 fully saturated rings. The van der Waals surface area contributed by atoms with E-state index in [2.05, 4.69) is 5.10 Å². The van der Waals surface area contributed by atoms with Gasteiger partial charge in [-0.05, 0) is 6.42 Å². The Hall–Kier alpha value is -1.36. The third-order valence-electron chi connectivity index (χ3n) is 2.78. The zero-order valence-corrected chi connectivity index (χ0v) is 8.76. The molecular weight excluding hydrogens is 194 g/mol. The van der Waals surface area contributed by atoms with Crippen LogP contribution in [0.3, 0.4) is 0 Å². The standard InChI is InChI=1S/C10H15N3O2/c1-12-6-9(4-11-12)10(15)13-3-2-8(5-13)7-14/h4,6,8,14H,2-3,5,7H2,1H3. The van der Waals surface area contributed by atoms with E-state index in [4.69, 9.17) is 5.11 Å². The number of hydrogen-bond donors (Lipinski definition) is 1. The van der Waals surface area contributed by atoms with Gasteiger partial charge in [0.15, 0.2) is 0 Å². The summed E-state index contributed by atoms with van der Waals surface area (Å²) >= 11 is 0. The molecule has 2 rings (SSSR count). The molecule has 15 heavy (non-hydrogen) atoms. The fraction of sp³-hybridized carbons (Fsp3) is 0.600. The Bertz CT molecular complexity index is 361. The van der Waals surface area contributed by atoms with Crippen molar-refractivity contribution in [2.24, 2.45) is 13.0 Å². The van der Waals surface area contributed by atoms with Crippen LogP contribution in [0, 0.1) is 5.92 Å². The highest BCUT2D eigenvalue weighted by Gasteiger charge is 2.26. The van der Waals surface area contributed by atoms with E-state index in [9.17, 15) is 4.79 Å². The summed E-state index contributed by atoms with van der Waals surface area (Å²) in [5.74, 6) is 0.254. The number of nitrogens with zero attached hydrogens (tertiary/aromatic N) is 3. The number of likely N-dealkylation sites (tertiary alicyclic amines) is 1. The maximum absolute atomic E-state index is 11.9. The van der Waals surface area contributed by atoms with Crippen LogP contribution in [0.4, 0.5) is 0 Å². The number of aliphatic hydroxyl groups is 1. The minimum absolute atomic E-state index is 0.0130. The van der Waals surface area contributed by atoms with Gasteiger partial charge in [-0.1, -0.05) is 0 Å². The minimum Gasteiger partial charge on any atom is -0.396 e. The maximum Gasteiger partial charge on any atom is 0.257 e. The second kappa shape index (κ2) is 4.02. The minimum atomic E-state index is 0.0130.